The third kappa shape index (κ3) is 3.51. The van der Waals surface area contributed by atoms with Gasteiger partial charge in [0.25, 0.3) is 0 Å². The zero-order valence-corrected chi connectivity index (χ0v) is 13.2. The standard InChI is InChI=1S/C17H10ClF3N2O2/c18-12-5-2-6-13(8-12)23-15(9-14(22-23)16(24)25)10-3-1-4-11(7-10)17(19,20)21/h1-9H,(H,24,25). The van der Waals surface area contributed by atoms with E-state index in [1.54, 1.807) is 18.2 Å². The van der Waals surface area contributed by atoms with Gasteiger partial charge >= 0.3 is 12.1 Å². The van der Waals surface area contributed by atoms with E-state index in [2.05, 4.69) is 5.10 Å². The Morgan fingerprint density at radius 2 is 1.80 bits per heavy atom. The normalized spacial score (nSPS) is 11.5. The number of nitrogens with zero attached hydrogens (tertiary/aromatic N) is 2. The van der Waals surface area contributed by atoms with Crippen molar-refractivity contribution >= 4 is 17.6 Å². The minimum Gasteiger partial charge on any atom is -0.476 e. The number of aromatic carboxylic acids is 1. The summed E-state index contributed by atoms with van der Waals surface area (Å²) in [6.07, 6.45) is -4.51. The molecule has 4 nitrogen and oxygen atoms in total. The molecule has 0 amide bonds. The van der Waals surface area contributed by atoms with Gasteiger partial charge in [0, 0.05) is 10.6 Å². The second-order valence-electron chi connectivity index (χ2n) is 5.19. The van der Waals surface area contributed by atoms with Gasteiger partial charge in [0.15, 0.2) is 5.69 Å². The summed E-state index contributed by atoms with van der Waals surface area (Å²) < 4.78 is 40.1. The van der Waals surface area contributed by atoms with Crippen LogP contribution in [0.1, 0.15) is 16.1 Å². The van der Waals surface area contributed by atoms with E-state index >= 15 is 0 Å². The summed E-state index contributed by atoms with van der Waals surface area (Å²) in [6.45, 7) is 0. The van der Waals surface area contributed by atoms with Gasteiger partial charge in [-0.05, 0) is 36.4 Å². The molecule has 3 rings (SSSR count). The monoisotopic (exact) mass is 366 g/mol. The van der Waals surface area contributed by atoms with E-state index in [0.29, 0.717) is 10.7 Å². The maximum atomic E-state index is 13.0. The number of alkyl halides is 3. The molecule has 0 fully saturated rings. The molecule has 0 saturated carbocycles. The number of benzene rings is 2. The topological polar surface area (TPSA) is 55.1 Å². The first-order chi connectivity index (χ1) is 11.8. The van der Waals surface area contributed by atoms with Crippen molar-refractivity contribution in [2.24, 2.45) is 0 Å². The molecule has 0 aliphatic carbocycles. The highest BCUT2D eigenvalue weighted by Gasteiger charge is 2.31. The summed E-state index contributed by atoms with van der Waals surface area (Å²) in [5.41, 5.74) is -0.277. The first-order valence-electron chi connectivity index (χ1n) is 7.02. The van der Waals surface area contributed by atoms with Crippen LogP contribution in [0.2, 0.25) is 5.02 Å². The zero-order chi connectivity index (χ0) is 18.2. The molecule has 128 valence electrons. The lowest BCUT2D eigenvalue weighted by molar-refractivity contribution is -0.137. The van der Waals surface area contributed by atoms with Crippen molar-refractivity contribution in [3.8, 4) is 16.9 Å². The zero-order valence-electron chi connectivity index (χ0n) is 12.5. The fourth-order valence-corrected chi connectivity index (χ4v) is 2.54. The Morgan fingerprint density at radius 1 is 1.08 bits per heavy atom. The van der Waals surface area contributed by atoms with Crippen LogP contribution in [0.25, 0.3) is 16.9 Å². The third-order valence-electron chi connectivity index (χ3n) is 3.47. The van der Waals surface area contributed by atoms with E-state index in [-0.39, 0.29) is 17.0 Å². The Kier molecular flexibility index (Phi) is 4.26. The number of carbonyl (C=O) groups is 1. The Morgan fingerprint density at radius 3 is 2.44 bits per heavy atom. The van der Waals surface area contributed by atoms with Crippen LogP contribution >= 0.6 is 11.6 Å². The molecule has 0 unspecified atom stereocenters. The van der Waals surface area contributed by atoms with E-state index < -0.39 is 17.7 Å². The first-order valence-corrected chi connectivity index (χ1v) is 7.40. The summed E-state index contributed by atoms with van der Waals surface area (Å²) in [4.78, 5) is 11.2. The van der Waals surface area contributed by atoms with Crippen molar-refractivity contribution in [3.05, 3.63) is 70.9 Å². The van der Waals surface area contributed by atoms with Gasteiger partial charge in [-0.2, -0.15) is 18.3 Å². The van der Waals surface area contributed by atoms with Crippen LogP contribution in [-0.4, -0.2) is 20.9 Å². The van der Waals surface area contributed by atoms with Crippen LogP contribution in [-0.2, 0) is 6.18 Å². The summed E-state index contributed by atoms with van der Waals surface area (Å²) in [6, 6.07) is 12.3. The second-order valence-corrected chi connectivity index (χ2v) is 5.63. The lowest BCUT2D eigenvalue weighted by Crippen LogP contribution is -2.05. The van der Waals surface area contributed by atoms with Crippen molar-refractivity contribution < 1.29 is 23.1 Å². The second kappa shape index (κ2) is 6.25. The number of carboxylic acid groups (broad SMARTS) is 1. The molecule has 0 spiro atoms. The van der Waals surface area contributed by atoms with Gasteiger partial charge in [0.2, 0.25) is 0 Å². The fraction of sp³-hybridized carbons (Fsp3) is 0.0588. The van der Waals surface area contributed by atoms with Crippen LogP contribution in [0.3, 0.4) is 0 Å². The third-order valence-corrected chi connectivity index (χ3v) is 3.70. The Bertz CT molecular complexity index is 951. The molecule has 1 N–H and O–H groups in total. The van der Waals surface area contributed by atoms with E-state index in [0.717, 1.165) is 12.1 Å². The van der Waals surface area contributed by atoms with Crippen molar-refractivity contribution in [3.63, 3.8) is 0 Å². The molecular formula is C17H10ClF3N2O2. The van der Waals surface area contributed by atoms with Crippen LogP contribution in [0.15, 0.2) is 54.6 Å². The van der Waals surface area contributed by atoms with Gasteiger partial charge in [0.1, 0.15) is 0 Å². The quantitative estimate of drug-likeness (QED) is 0.716. The largest absolute Gasteiger partial charge is 0.476 e. The summed E-state index contributed by atoms with van der Waals surface area (Å²) in [7, 11) is 0. The number of halogens is 4. The molecule has 3 aromatic rings. The van der Waals surface area contributed by atoms with Crippen molar-refractivity contribution in [1.82, 2.24) is 9.78 Å². The van der Waals surface area contributed by atoms with Gasteiger partial charge in [-0.1, -0.05) is 29.8 Å². The fourth-order valence-electron chi connectivity index (χ4n) is 2.35. The lowest BCUT2D eigenvalue weighted by atomic mass is 10.1. The van der Waals surface area contributed by atoms with Gasteiger partial charge in [-0.3, -0.25) is 0 Å². The van der Waals surface area contributed by atoms with Crippen molar-refractivity contribution in [2.75, 3.05) is 0 Å². The van der Waals surface area contributed by atoms with E-state index in [9.17, 15) is 23.1 Å². The number of aromatic nitrogens is 2. The lowest BCUT2D eigenvalue weighted by Gasteiger charge is -2.11. The number of hydrogen-bond donors (Lipinski definition) is 1. The van der Waals surface area contributed by atoms with Crippen LogP contribution in [0, 0.1) is 0 Å². The SMILES string of the molecule is O=C(O)c1cc(-c2cccc(C(F)(F)F)c2)n(-c2cccc(Cl)c2)n1. The highest BCUT2D eigenvalue weighted by Crippen LogP contribution is 2.33. The van der Waals surface area contributed by atoms with Gasteiger partial charge < -0.3 is 5.11 Å². The van der Waals surface area contributed by atoms with E-state index in [1.807, 2.05) is 0 Å². The summed E-state index contributed by atoms with van der Waals surface area (Å²) >= 11 is 5.94. The van der Waals surface area contributed by atoms with Gasteiger partial charge in [-0.15, -0.1) is 0 Å². The van der Waals surface area contributed by atoms with Crippen molar-refractivity contribution in [2.45, 2.75) is 6.18 Å². The van der Waals surface area contributed by atoms with Gasteiger partial charge in [0.05, 0.1) is 16.9 Å². The molecule has 25 heavy (non-hydrogen) atoms. The molecule has 0 atom stereocenters. The van der Waals surface area contributed by atoms with Crippen LogP contribution in [0.5, 0.6) is 0 Å². The molecule has 0 radical (unpaired) electrons. The molecule has 8 heteroatoms. The maximum absolute atomic E-state index is 13.0. The molecule has 0 bridgehead atoms. The summed E-state index contributed by atoms with van der Waals surface area (Å²) in [5, 5.41) is 13.5. The van der Waals surface area contributed by atoms with Crippen LogP contribution in [0.4, 0.5) is 13.2 Å². The predicted molar refractivity (Wildman–Crippen MR) is 86.0 cm³/mol. The molecule has 1 heterocycles. The molecule has 2 aromatic carbocycles. The molecule has 1 aromatic heterocycles. The highest BCUT2D eigenvalue weighted by molar-refractivity contribution is 6.30. The Hall–Kier alpha value is -2.80. The Labute approximate surface area is 145 Å². The molecule has 0 saturated heterocycles. The first kappa shape index (κ1) is 17.0. The number of rotatable bonds is 3. The minimum absolute atomic E-state index is 0.190. The average Bonchev–Trinajstić information content (AvgIpc) is 3.00. The van der Waals surface area contributed by atoms with Crippen molar-refractivity contribution in [1.29, 1.82) is 0 Å². The van der Waals surface area contributed by atoms with E-state index in [1.165, 1.54) is 28.9 Å². The molecular weight excluding hydrogens is 357 g/mol. The average molecular weight is 367 g/mol. The summed E-state index contributed by atoms with van der Waals surface area (Å²) in [5.74, 6) is -1.28. The number of carboxylic acids is 1. The highest BCUT2D eigenvalue weighted by atomic mass is 35.5. The van der Waals surface area contributed by atoms with E-state index in [4.69, 9.17) is 11.6 Å². The van der Waals surface area contributed by atoms with Crippen LogP contribution < -0.4 is 0 Å². The Balaban J connectivity index is 2.21. The maximum Gasteiger partial charge on any atom is 0.416 e. The van der Waals surface area contributed by atoms with Gasteiger partial charge in [-0.25, -0.2) is 9.48 Å². The number of hydrogen-bond acceptors (Lipinski definition) is 2. The molecule has 0 aliphatic heterocycles. The smallest absolute Gasteiger partial charge is 0.416 e. The molecule has 0 aliphatic rings. The predicted octanol–water partition coefficient (Wildman–Crippen LogP) is 4.91. The minimum atomic E-state index is -4.51.